The fourth-order valence-electron chi connectivity index (χ4n) is 2.71. The molecule has 2 N–H and O–H groups in total. The van der Waals surface area contributed by atoms with E-state index in [0.717, 1.165) is 11.1 Å². The third kappa shape index (κ3) is 4.75. The predicted molar refractivity (Wildman–Crippen MR) is 105 cm³/mol. The molecule has 0 radical (unpaired) electrons. The van der Waals surface area contributed by atoms with Crippen molar-refractivity contribution in [3.05, 3.63) is 77.6 Å². The summed E-state index contributed by atoms with van der Waals surface area (Å²) in [6.07, 6.45) is -0.857. The summed E-state index contributed by atoms with van der Waals surface area (Å²) in [6.45, 7) is 1.95. The average Bonchev–Trinajstić information content (AvgIpc) is 3.07. The van der Waals surface area contributed by atoms with Gasteiger partial charge in [0, 0.05) is 7.05 Å². The van der Waals surface area contributed by atoms with E-state index in [1.54, 1.807) is 11.6 Å². The molecule has 1 aromatic heterocycles. The molecule has 0 unspecified atom stereocenters. The number of nitrogens with one attached hydrogen (secondary N) is 1. The second-order valence-electron chi connectivity index (χ2n) is 6.20. The van der Waals surface area contributed by atoms with Gasteiger partial charge in [-0.15, -0.1) is 10.2 Å². The lowest BCUT2D eigenvalue weighted by Gasteiger charge is -2.14. The van der Waals surface area contributed by atoms with Gasteiger partial charge in [0.25, 0.3) is 0 Å². The van der Waals surface area contributed by atoms with Crippen LogP contribution in [0, 0.1) is 0 Å². The van der Waals surface area contributed by atoms with Crippen molar-refractivity contribution in [3.8, 4) is 0 Å². The van der Waals surface area contributed by atoms with Crippen molar-refractivity contribution in [2.75, 3.05) is 5.75 Å². The molecule has 0 bridgehead atoms. The monoisotopic (exact) mass is 382 g/mol. The van der Waals surface area contributed by atoms with Crippen LogP contribution in [0.1, 0.15) is 36.0 Å². The van der Waals surface area contributed by atoms with Gasteiger partial charge in [-0.3, -0.25) is 4.79 Å². The standard InChI is InChI=1S/C20H22N4O2S/c1-14(15-9-5-3-6-10-15)21-17(25)13-27-20-23-22-19(24(20)2)18(26)16-11-7-4-8-12-16/h3-12,14,18,26H,13H2,1-2H3,(H,21,25)/t14-,18+/m0/s1. The molecule has 0 saturated carbocycles. The Kier molecular flexibility index (Phi) is 6.26. The summed E-state index contributed by atoms with van der Waals surface area (Å²) in [5.41, 5.74) is 1.81. The number of hydrogen-bond donors (Lipinski definition) is 2. The maximum atomic E-state index is 12.2. The highest BCUT2D eigenvalue weighted by Crippen LogP contribution is 2.23. The first-order valence-corrected chi connectivity index (χ1v) is 9.64. The maximum absolute atomic E-state index is 12.2. The van der Waals surface area contributed by atoms with Crippen molar-refractivity contribution in [1.82, 2.24) is 20.1 Å². The summed E-state index contributed by atoms with van der Waals surface area (Å²) in [5.74, 6) is 0.594. The average molecular weight is 382 g/mol. The summed E-state index contributed by atoms with van der Waals surface area (Å²) in [7, 11) is 1.79. The zero-order valence-corrected chi connectivity index (χ0v) is 16.1. The Hall–Kier alpha value is -2.64. The summed E-state index contributed by atoms with van der Waals surface area (Å²) in [4.78, 5) is 12.2. The van der Waals surface area contributed by atoms with Gasteiger partial charge in [-0.25, -0.2) is 0 Å². The molecular weight excluding hydrogens is 360 g/mol. The van der Waals surface area contributed by atoms with Crippen molar-refractivity contribution in [1.29, 1.82) is 0 Å². The van der Waals surface area contributed by atoms with Crippen LogP contribution in [0.15, 0.2) is 65.8 Å². The summed E-state index contributed by atoms with van der Waals surface area (Å²) < 4.78 is 1.72. The van der Waals surface area contributed by atoms with E-state index in [1.807, 2.05) is 67.6 Å². The van der Waals surface area contributed by atoms with Gasteiger partial charge in [-0.05, 0) is 18.1 Å². The molecule has 3 aromatic rings. The molecule has 6 nitrogen and oxygen atoms in total. The van der Waals surface area contributed by atoms with E-state index in [4.69, 9.17) is 0 Å². The SMILES string of the molecule is C[C@H](NC(=O)CSc1nnc([C@H](O)c2ccccc2)n1C)c1ccccc1. The summed E-state index contributed by atoms with van der Waals surface area (Å²) in [5, 5.41) is 22.3. The van der Waals surface area contributed by atoms with Gasteiger partial charge < -0.3 is 15.0 Å². The van der Waals surface area contributed by atoms with E-state index in [-0.39, 0.29) is 17.7 Å². The van der Waals surface area contributed by atoms with Crippen LogP contribution in [0.3, 0.4) is 0 Å². The first-order chi connectivity index (χ1) is 13.1. The first kappa shape index (κ1) is 19.1. The second kappa shape index (κ2) is 8.83. The van der Waals surface area contributed by atoms with Crippen LogP contribution >= 0.6 is 11.8 Å². The summed E-state index contributed by atoms with van der Waals surface area (Å²) >= 11 is 1.29. The zero-order valence-electron chi connectivity index (χ0n) is 15.2. The number of nitrogens with zero attached hydrogens (tertiary/aromatic N) is 3. The normalized spacial score (nSPS) is 13.1. The lowest BCUT2D eigenvalue weighted by atomic mass is 10.1. The molecule has 0 fully saturated rings. The van der Waals surface area contributed by atoms with Gasteiger partial charge in [0.2, 0.25) is 5.91 Å². The molecule has 7 heteroatoms. The van der Waals surface area contributed by atoms with Crippen LogP contribution in [-0.2, 0) is 11.8 Å². The number of carbonyl (C=O) groups excluding carboxylic acids is 1. The molecule has 0 aliphatic rings. The van der Waals surface area contributed by atoms with E-state index in [1.165, 1.54) is 11.8 Å². The highest BCUT2D eigenvalue weighted by molar-refractivity contribution is 7.99. The first-order valence-electron chi connectivity index (χ1n) is 8.65. The molecule has 1 heterocycles. The van der Waals surface area contributed by atoms with Crippen molar-refractivity contribution in [2.24, 2.45) is 7.05 Å². The van der Waals surface area contributed by atoms with Crippen molar-refractivity contribution < 1.29 is 9.90 Å². The van der Waals surface area contributed by atoms with Crippen LogP contribution < -0.4 is 5.32 Å². The summed E-state index contributed by atoms with van der Waals surface area (Å²) in [6, 6.07) is 19.1. The Morgan fingerprint density at radius 3 is 2.30 bits per heavy atom. The molecular formula is C20H22N4O2S. The minimum Gasteiger partial charge on any atom is -0.380 e. The number of aliphatic hydroxyl groups is 1. The molecule has 2 aromatic carbocycles. The van der Waals surface area contributed by atoms with E-state index < -0.39 is 6.10 Å². The fourth-order valence-corrected chi connectivity index (χ4v) is 3.44. The van der Waals surface area contributed by atoms with Gasteiger partial charge in [0.15, 0.2) is 11.0 Å². The van der Waals surface area contributed by atoms with Crippen LogP contribution in [0.25, 0.3) is 0 Å². The Balaban J connectivity index is 1.59. The largest absolute Gasteiger partial charge is 0.380 e. The fraction of sp³-hybridized carbons (Fsp3) is 0.250. The van der Waals surface area contributed by atoms with Gasteiger partial charge in [0.05, 0.1) is 11.8 Å². The van der Waals surface area contributed by atoms with Crippen LogP contribution in [0.4, 0.5) is 0 Å². The third-order valence-electron chi connectivity index (χ3n) is 4.24. The molecule has 0 aliphatic heterocycles. The van der Waals surface area contributed by atoms with Crippen LogP contribution in [0.5, 0.6) is 0 Å². The number of benzene rings is 2. The minimum atomic E-state index is -0.857. The molecule has 0 spiro atoms. The van der Waals surface area contributed by atoms with E-state index >= 15 is 0 Å². The maximum Gasteiger partial charge on any atom is 0.230 e. The Morgan fingerprint density at radius 2 is 1.67 bits per heavy atom. The number of aromatic nitrogens is 3. The van der Waals surface area contributed by atoms with E-state index in [9.17, 15) is 9.90 Å². The number of aliphatic hydroxyl groups excluding tert-OH is 1. The molecule has 0 saturated heterocycles. The number of carbonyl (C=O) groups is 1. The van der Waals surface area contributed by atoms with E-state index in [0.29, 0.717) is 11.0 Å². The van der Waals surface area contributed by atoms with Gasteiger partial charge in [0.1, 0.15) is 6.10 Å². The smallest absolute Gasteiger partial charge is 0.230 e. The van der Waals surface area contributed by atoms with Gasteiger partial charge in [-0.2, -0.15) is 0 Å². The minimum absolute atomic E-state index is 0.0609. The third-order valence-corrected chi connectivity index (χ3v) is 5.26. The van der Waals surface area contributed by atoms with Crippen molar-refractivity contribution in [3.63, 3.8) is 0 Å². The molecule has 3 rings (SSSR count). The van der Waals surface area contributed by atoms with Crippen LogP contribution in [0.2, 0.25) is 0 Å². The Morgan fingerprint density at radius 1 is 1.07 bits per heavy atom. The molecule has 1 amide bonds. The Bertz CT molecular complexity index is 884. The number of rotatable bonds is 7. The molecule has 140 valence electrons. The van der Waals surface area contributed by atoms with Crippen molar-refractivity contribution in [2.45, 2.75) is 24.2 Å². The molecule has 27 heavy (non-hydrogen) atoms. The van der Waals surface area contributed by atoms with Crippen molar-refractivity contribution >= 4 is 17.7 Å². The highest BCUT2D eigenvalue weighted by Gasteiger charge is 2.19. The predicted octanol–water partition coefficient (Wildman–Crippen LogP) is 2.87. The van der Waals surface area contributed by atoms with Crippen LogP contribution in [-0.4, -0.2) is 31.5 Å². The second-order valence-corrected chi connectivity index (χ2v) is 7.14. The zero-order chi connectivity index (χ0) is 19.2. The topological polar surface area (TPSA) is 80.0 Å². The van der Waals surface area contributed by atoms with Gasteiger partial charge >= 0.3 is 0 Å². The van der Waals surface area contributed by atoms with E-state index in [2.05, 4.69) is 15.5 Å². The number of hydrogen-bond acceptors (Lipinski definition) is 5. The highest BCUT2D eigenvalue weighted by atomic mass is 32.2. The lowest BCUT2D eigenvalue weighted by Crippen LogP contribution is -2.28. The van der Waals surface area contributed by atoms with Gasteiger partial charge in [-0.1, -0.05) is 72.4 Å². The molecule has 2 atom stereocenters. The molecule has 0 aliphatic carbocycles. The quantitative estimate of drug-likeness (QED) is 0.614. The number of thioether (sulfide) groups is 1. The Labute approximate surface area is 162 Å². The number of amides is 1. The lowest BCUT2D eigenvalue weighted by molar-refractivity contribution is -0.119.